The van der Waals surface area contributed by atoms with E-state index in [1.807, 2.05) is 30.3 Å². The van der Waals surface area contributed by atoms with Crippen LogP contribution in [0.2, 0.25) is 0 Å². The summed E-state index contributed by atoms with van der Waals surface area (Å²) in [6, 6.07) is 12.3. The summed E-state index contributed by atoms with van der Waals surface area (Å²) in [6.45, 7) is 5.43. The number of nitrogens with one attached hydrogen (secondary N) is 1. The molecule has 1 unspecified atom stereocenters. The molecular weight excluding hydrogens is 236 g/mol. The molecule has 0 saturated carbocycles. The van der Waals surface area contributed by atoms with E-state index >= 15 is 0 Å². The third kappa shape index (κ3) is 6.95. The summed E-state index contributed by atoms with van der Waals surface area (Å²) >= 11 is 0. The fourth-order valence-electron chi connectivity index (χ4n) is 1.82. The SMILES string of the molecule is CCCCOCCCNCC(C#N)c1ccccc1. The van der Waals surface area contributed by atoms with E-state index < -0.39 is 0 Å². The highest BCUT2D eigenvalue weighted by Crippen LogP contribution is 2.12. The maximum atomic E-state index is 9.16. The molecule has 0 bridgehead atoms. The lowest BCUT2D eigenvalue weighted by Crippen LogP contribution is -2.23. The summed E-state index contributed by atoms with van der Waals surface area (Å²) in [5, 5.41) is 12.5. The predicted molar refractivity (Wildman–Crippen MR) is 78.0 cm³/mol. The van der Waals surface area contributed by atoms with Crippen molar-refractivity contribution in [1.82, 2.24) is 5.32 Å². The molecule has 19 heavy (non-hydrogen) atoms. The zero-order chi connectivity index (χ0) is 13.8. The Bertz CT molecular complexity index is 359. The Morgan fingerprint density at radius 1 is 1.21 bits per heavy atom. The molecule has 1 aromatic carbocycles. The summed E-state index contributed by atoms with van der Waals surface area (Å²) in [4.78, 5) is 0. The van der Waals surface area contributed by atoms with Gasteiger partial charge < -0.3 is 10.1 Å². The maximum absolute atomic E-state index is 9.16. The molecule has 0 radical (unpaired) electrons. The number of rotatable bonds is 10. The standard InChI is InChI=1S/C16H24N2O/c1-2-3-11-19-12-7-10-18-14-16(13-17)15-8-5-4-6-9-15/h4-6,8-9,16,18H,2-3,7,10-12,14H2,1H3. The van der Waals surface area contributed by atoms with Gasteiger partial charge in [0.2, 0.25) is 0 Å². The zero-order valence-electron chi connectivity index (χ0n) is 11.8. The van der Waals surface area contributed by atoms with Crippen LogP contribution in [0.25, 0.3) is 0 Å². The molecule has 3 heteroatoms. The van der Waals surface area contributed by atoms with Gasteiger partial charge in [-0.05, 0) is 24.9 Å². The van der Waals surface area contributed by atoms with Crippen LogP contribution in [-0.4, -0.2) is 26.3 Å². The van der Waals surface area contributed by atoms with Gasteiger partial charge in [0, 0.05) is 19.8 Å². The van der Waals surface area contributed by atoms with Crippen LogP contribution in [-0.2, 0) is 4.74 Å². The second kappa shape index (κ2) is 10.5. The largest absolute Gasteiger partial charge is 0.381 e. The molecule has 0 aromatic heterocycles. The highest BCUT2D eigenvalue weighted by Gasteiger charge is 2.08. The van der Waals surface area contributed by atoms with Crippen molar-refractivity contribution in [2.75, 3.05) is 26.3 Å². The van der Waals surface area contributed by atoms with Crippen molar-refractivity contribution in [1.29, 1.82) is 5.26 Å². The zero-order valence-corrected chi connectivity index (χ0v) is 11.8. The molecule has 0 aliphatic carbocycles. The van der Waals surface area contributed by atoms with E-state index in [9.17, 15) is 0 Å². The summed E-state index contributed by atoms with van der Waals surface area (Å²) in [5.74, 6) is -0.0674. The van der Waals surface area contributed by atoms with E-state index in [-0.39, 0.29) is 5.92 Å². The first-order chi connectivity index (χ1) is 9.38. The Morgan fingerprint density at radius 2 is 1.95 bits per heavy atom. The molecule has 0 aliphatic heterocycles. The Balaban J connectivity index is 2.09. The summed E-state index contributed by atoms with van der Waals surface area (Å²) < 4.78 is 5.49. The van der Waals surface area contributed by atoms with E-state index in [2.05, 4.69) is 18.3 Å². The highest BCUT2D eigenvalue weighted by atomic mass is 16.5. The van der Waals surface area contributed by atoms with Crippen LogP contribution < -0.4 is 5.32 Å². The van der Waals surface area contributed by atoms with Gasteiger partial charge in [0.1, 0.15) is 0 Å². The number of ether oxygens (including phenoxy) is 1. The van der Waals surface area contributed by atoms with Gasteiger partial charge in [-0.1, -0.05) is 43.7 Å². The second-order valence-electron chi connectivity index (χ2n) is 4.62. The number of nitrogens with zero attached hydrogens (tertiary/aromatic N) is 1. The number of nitriles is 1. The van der Waals surface area contributed by atoms with Crippen LogP contribution in [0.3, 0.4) is 0 Å². The van der Waals surface area contributed by atoms with Crippen molar-refractivity contribution in [2.24, 2.45) is 0 Å². The number of benzene rings is 1. The van der Waals surface area contributed by atoms with Crippen LogP contribution in [0.5, 0.6) is 0 Å². The van der Waals surface area contributed by atoms with Gasteiger partial charge in [-0.25, -0.2) is 0 Å². The molecule has 0 aliphatic rings. The Labute approximate surface area is 116 Å². The first-order valence-corrected chi connectivity index (χ1v) is 7.11. The van der Waals surface area contributed by atoms with Crippen molar-refractivity contribution in [3.63, 3.8) is 0 Å². The average molecular weight is 260 g/mol. The normalized spacial score (nSPS) is 12.0. The summed E-state index contributed by atoms with van der Waals surface area (Å²) in [6.07, 6.45) is 3.31. The van der Waals surface area contributed by atoms with Gasteiger partial charge in [-0.2, -0.15) is 5.26 Å². The first kappa shape index (κ1) is 15.7. The summed E-state index contributed by atoms with van der Waals surface area (Å²) in [7, 11) is 0. The maximum Gasteiger partial charge on any atom is 0.0837 e. The van der Waals surface area contributed by atoms with E-state index in [1.54, 1.807) is 0 Å². The fourth-order valence-corrected chi connectivity index (χ4v) is 1.82. The van der Waals surface area contributed by atoms with E-state index in [4.69, 9.17) is 10.00 Å². The monoisotopic (exact) mass is 260 g/mol. The van der Waals surface area contributed by atoms with Crippen LogP contribution >= 0.6 is 0 Å². The Morgan fingerprint density at radius 3 is 2.63 bits per heavy atom. The minimum Gasteiger partial charge on any atom is -0.381 e. The van der Waals surface area contributed by atoms with Crippen molar-refractivity contribution in [2.45, 2.75) is 32.1 Å². The van der Waals surface area contributed by atoms with Crippen molar-refractivity contribution >= 4 is 0 Å². The molecule has 0 heterocycles. The van der Waals surface area contributed by atoms with Crippen LogP contribution in [0, 0.1) is 11.3 Å². The van der Waals surface area contributed by atoms with Crippen molar-refractivity contribution < 1.29 is 4.74 Å². The van der Waals surface area contributed by atoms with E-state index in [0.717, 1.165) is 38.2 Å². The lowest BCUT2D eigenvalue weighted by molar-refractivity contribution is 0.129. The van der Waals surface area contributed by atoms with Gasteiger partial charge >= 0.3 is 0 Å². The minimum atomic E-state index is -0.0674. The smallest absolute Gasteiger partial charge is 0.0837 e. The number of hydrogen-bond acceptors (Lipinski definition) is 3. The molecule has 1 rings (SSSR count). The van der Waals surface area contributed by atoms with Crippen LogP contribution in [0.15, 0.2) is 30.3 Å². The molecule has 0 saturated heterocycles. The lowest BCUT2D eigenvalue weighted by atomic mass is 10.0. The topological polar surface area (TPSA) is 45.0 Å². The molecule has 1 atom stereocenters. The third-order valence-corrected chi connectivity index (χ3v) is 2.99. The molecule has 1 N–H and O–H groups in total. The van der Waals surface area contributed by atoms with Gasteiger partial charge in [0.15, 0.2) is 0 Å². The molecule has 0 fully saturated rings. The molecule has 0 amide bonds. The van der Waals surface area contributed by atoms with Crippen LogP contribution in [0.1, 0.15) is 37.7 Å². The van der Waals surface area contributed by atoms with Crippen molar-refractivity contribution in [3.05, 3.63) is 35.9 Å². The van der Waals surface area contributed by atoms with E-state index in [1.165, 1.54) is 6.42 Å². The quantitative estimate of drug-likeness (QED) is 0.657. The minimum absolute atomic E-state index is 0.0674. The van der Waals surface area contributed by atoms with E-state index in [0.29, 0.717) is 6.54 Å². The third-order valence-electron chi connectivity index (χ3n) is 2.99. The van der Waals surface area contributed by atoms with Gasteiger partial charge in [0.25, 0.3) is 0 Å². The number of hydrogen-bond donors (Lipinski definition) is 1. The molecular formula is C16H24N2O. The predicted octanol–water partition coefficient (Wildman–Crippen LogP) is 3.09. The molecule has 104 valence electrons. The highest BCUT2D eigenvalue weighted by molar-refractivity contribution is 5.24. The summed E-state index contributed by atoms with van der Waals surface area (Å²) in [5.41, 5.74) is 1.08. The lowest BCUT2D eigenvalue weighted by Gasteiger charge is -2.10. The number of unbranched alkanes of at least 4 members (excludes halogenated alkanes) is 1. The van der Waals surface area contributed by atoms with Gasteiger partial charge in [-0.15, -0.1) is 0 Å². The average Bonchev–Trinajstić information content (AvgIpc) is 2.47. The first-order valence-electron chi connectivity index (χ1n) is 7.11. The Hall–Kier alpha value is -1.37. The molecule has 1 aromatic rings. The molecule has 3 nitrogen and oxygen atoms in total. The second-order valence-corrected chi connectivity index (χ2v) is 4.62. The van der Waals surface area contributed by atoms with Crippen molar-refractivity contribution in [3.8, 4) is 6.07 Å². The van der Waals surface area contributed by atoms with Crippen LogP contribution in [0.4, 0.5) is 0 Å². The fraction of sp³-hybridized carbons (Fsp3) is 0.562. The molecule has 0 spiro atoms. The van der Waals surface area contributed by atoms with Gasteiger partial charge in [0.05, 0.1) is 12.0 Å². The Kier molecular flexibility index (Phi) is 8.70. The van der Waals surface area contributed by atoms with Gasteiger partial charge in [-0.3, -0.25) is 0 Å².